The lowest BCUT2D eigenvalue weighted by molar-refractivity contribution is 0.195. The van der Waals surface area contributed by atoms with Crippen LogP contribution >= 0.6 is 0 Å². The van der Waals surface area contributed by atoms with E-state index < -0.39 is 0 Å². The first-order valence-electron chi connectivity index (χ1n) is 10.2. The Morgan fingerprint density at radius 1 is 1.04 bits per heavy atom. The van der Waals surface area contributed by atoms with Crippen LogP contribution in [0.15, 0.2) is 4.99 Å². The van der Waals surface area contributed by atoms with Gasteiger partial charge in [0, 0.05) is 45.3 Å². The van der Waals surface area contributed by atoms with Gasteiger partial charge in [-0.2, -0.15) is 0 Å². The smallest absolute Gasteiger partial charge is 0.191 e. The third-order valence-electron chi connectivity index (χ3n) is 6.22. The molecule has 0 aromatic carbocycles. The number of aliphatic imine (C=N–C) groups is 1. The molecule has 0 spiro atoms. The number of hydrogen-bond donors (Lipinski definition) is 2. The Labute approximate surface area is 148 Å². The molecular weight excluding hydrogens is 298 g/mol. The van der Waals surface area contributed by atoms with Gasteiger partial charge in [0.1, 0.15) is 0 Å². The third kappa shape index (κ3) is 5.09. The molecule has 2 saturated heterocycles. The lowest BCUT2D eigenvalue weighted by atomic mass is 9.99. The van der Waals surface area contributed by atoms with Gasteiger partial charge in [0.2, 0.25) is 0 Å². The van der Waals surface area contributed by atoms with Crippen molar-refractivity contribution in [2.24, 2.45) is 10.9 Å². The SMILES string of the molecule is CN=C(NCCN1CCC(C)CC1)NC1CCN(C2CCCC2)C1. The maximum absolute atomic E-state index is 4.43. The van der Waals surface area contributed by atoms with Gasteiger partial charge in [0.15, 0.2) is 5.96 Å². The molecule has 2 heterocycles. The molecule has 1 saturated carbocycles. The summed E-state index contributed by atoms with van der Waals surface area (Å²) in [4.78, 5) is 9.71. The number of hydrogen-bond acceptors (Lipinski definition) is 3. The first-order chi connectivity index (χ1) is 11.7. The Kier molecular flexibility index (Phi) is 6.78. The van der Waals surface area contributed by atoms with Crippen molar-refractivity contribution in [3.63, 3.8) is 0 Å². The van der Waals surface area contributed by atoms with Crippen LogP contribution < -0.4 is 10.6 Å². The van der Waals surface area contributed by atoms with Crippen LogP contribution in [0.3, 0.4) is 0 Å². The molecule has 3 rings (SSSR count). The van der Waals surface area contributed by atoms with Crippen molar-refractivity contribution in [2.75, 3.05) is 46.3 Å². The van der Waals surface area contributed by atoms with E-state index >= 15 is 0 Å². The zero-order chi connectivity index (χ0) is 16.8. The fraction of sp³-hybridized carbons (Fsp3) is 0.947. The number of likely N-dealkylation sites (tertiary alicyclic amines) is 2. The van der Waals surface area contributed by atoms with E-state index in [-0.39, 0.29) is 0 Å². The number of piperidine rings is 1. The van der Waals surface area contributed by atoms with E-state index in [1.165, 1.54) is 71.1 Å². The van der Waals surface area contributed by atoms with Crippen molar-refractivity contribution in [1.82, 2.24) is 20.4 Å². The van der Waals surface area contributed by atoms with Gasteiger partial charge in [0.25, 0.3) is 0 Å². The monoisotopic (exact) mass is 335 g/mol. The molecule has 1 aliphatic carbocycles. The van der Waals surface area contributed by atoms with E-state index in [0.29, 0.717) is 6.04 Å². The third-order valence-corrected chi connectivity index (χ3v) is 6.22. The molecule has 5 heteroatoms. The molecule has 0 aromatic heterocycles. The Hall–Kier alpha value is -0.810. The second-order valence-corrected chi connectivity index (χ2v) is 8.09. The van der Waals surface area contributed by atoms with Gasteiger partial charge in [-0.05, 0) is 51.1 Å². The maximum atomic E-state index is 4.43. The number of rotatable bonds is 5. The number of nitrogens with one attached hydrogen (secondary N) is 2. The van der Waals surface area contributed by atoms with Crippen LogP contribution in [0.2, 0.25) is 0 Å². The van der Waals surface area contributed by atoms with Gasteiger partial charge in [-0.1, -0.05) is 19.8 Å². The highest BCUT2D eigenvalue weighted by atomic mass is 15.3. The Balaban J connectivity index is 1.33. The van der Waals surface area contributed by atoms with Crippen molar-refractivity contribution in [2.45, 2.75) is 64.0 Å². The lowest BCUT2D eigenvalue weighted by Gasteiger charge is -2.30. The molecule has 3 fully saturated rings. The van der Waals surface area contributed by atoms with Crippen molar-refractivity contribution in [3.8, 4) is 0 Å². The van der Waals surface area contributed by atoms with Crippen molar-refractivity contribution in [3.05, 3.63) is 0 Å². The van der Waals surface area contributed by atoms with Crippen LogP contribution in [0.5, 0.6) is 0 Å². The molecule has 0 bridgehead atoms. The molecule has 2 N–H and O–H groups in total. The molecule has 0 radical (unpaired) electrons. The Morgan fingerprint density at radius 2 is 1.79 bits per heavy atom. The van der Waals surface area contributed by atoms with Crippen LogP contribution in [-0.4, -0.2) is 74.2 Å². The minimum atomic E-state index is 0.563. The predicted molar refractivity (Wildman–Crippen MR) is 102 cm³/mol. The van der Waals surface area contributed by atoms with E-state index in [9.17, 15) is 0 Å². The minimum Gasteiger partial charge on any atom is -0.355 e. The Bertz CT molecular complexity index is 397. The maximum Gasteiger partial charge on any atom is 0.191 e. The summed E-state index contributed by atoms with van der Waals surface area (Å²) in [6.07, 6.45) is 9.64. The summed E-state index contributed by atoms with van der Waals surface area (Å²) in [5, 5.41) is 7.16. The molecule has 1 unspecified atom stereocenters. The second kappa shape index (κ2) is 9.04. The topological polar surface area (TPSA) is 42.9 Å². The fourth-order valence-corrected chi connectivity index (χ4v) is 4.51. The largest absolute Gasteiger partial charge is 0.355 e. The zero-order valence-corrected chi connectivity index (χ0v) is 15.8. The van der Waals surface area contributed by atoms with E-state index in [4.69, 9.17) is 0 Å². The summed E-state index contributed by atoms with van der Waals surface area (Å²) in [5.74, 6) is 1.90. The first kappa shape index (κ1) is 18.0. The van der Waals surface area contributed by atoms with E-state index in [0.717, 1.165) is 31.0 Å². The van der Waals surface area contributed by atoms with Gasteiger partial charge in [0.05, 0.1) is 0 Å². The summed E-state index contributed by atoms with van der Waals surface area (Å²) >= 11 is 0. The summed E-state index contributed by atoms with van der Waals surface area (Å²) in [5.41, 5.74) is 0. The molecule has 0 amide bonds. The van der Waals surface area contributed by atoms with Gasteiger partial charge in [-0.25, -0.2) is 0 Å². The predicted octanol–water partition coefficient (Wildman–Crippen LogP) is 1.90. The molecule has 1 atom stereocenters. The lowest BCUT2D eigenvalue weighted by Crippen LogP contribution is -2.47. The van der Waals surface area contributed by atoms with Gasteiger partial charge < -0.3 is 15.5 Å². The first-order valence-corrected chi connectivity index (χ1v) is 10.2. The van der Waals surface area contributed by atoms with Crippen LogP contribution in [0, 0.1) is 5.92 Å². The number of guanidine groups is 1. The summed E-state index contributed by atoms with van der Waals surface area (Å²) in [7, 11) is 1.89. The molecule has 138 valence electrons. The molecule has 0 aromatic rings. The minimum absolute atomic E-state index is 0.563. The van der Waals surface area contributed by atoms with Crippen LogP contribution in [0.1, 0.15) is 51.9 Å². The highest BCUT2D eigenvalue weighted by Gasteiger charge is 2.30. The number of nitrogens with zero attached hydrogens (tertiary/aromatic N) is 3. The average molecular weight is 336 g/mol. The van der Waals surface area contributed by atoms with Crippen LogP contribution in [-0.2, 0) is 0 Å². The van der Waals surface area contributed by atoms with E-state index in [1.807, 2.05) is 7.05 Å². The van der Waals surface area contributed by atoms with E-state index in [2.05, 4.69) is 32.3 Å². The molecule has 3 aliphatic rings. The van der Waals surface area contributed by atoms with Crippen molar-refractivity contribution >= 4 is 5.96 Å². The molecular formula is C19H37N5. The van der Waals surface area contributed by atoms with Crippen LogP contribution in [0.4, 0.5) is 0 Å². The highest BCUT2D eigenvalue weighted by molar-refractivity contribution is 5.80. The molecule has 2 aliphatic heterocycles. The van der Waals surface area contributed by atoms with Crippen LogP contribution in [0.25, 0.3) is 0 Å². The van der Waals surface area contributed by atoms with Gasteiger partial charge in [-0.15, -0.1) is 0 Å². The summed E-state index contributed by atoms with van der Waals surface area (Å²) < 4.78 is 0. The zero-order valence-electron chi connectivity index (χ0n) is 15.8. The fourth-order valence-electron chi connectivity index (χ4n) is 4.51. The van der Waals surface area contributed by atoms with E-state index in [1.54, 1.807) is 0 Å². The second-order valence-electron chi connectivity index (χ2n) is 8.09. The summed E-state index contributed by atoms with van der Waals surface area (Å²) in [6.45, 7) is 9.46. The standard InChI is InChI=1S/C19H37N5/c1-16-7-11-23(12-8-16)14-10-21-19(20-2)22-17-9-13-24(15-17)18-5-3-4-6-18/h16-18H,3-15H2,1-2H3,(H2,20,21,22). The summed E-state index contributed by atoms with van der Waals surface area (Å²) in [6, 6.07) is 1.42. The highest BCUT2D eigenvalue weighted by Crippen LogP contribution is 2.26. The Morgan fingerprint density at radius 3 is 2.50 bits per heavy atom. The quantitative estimate of drug-likeness (QED) is 0.595. The van der Waals surface area contributed by atoms with Gasteiger partial charge >= 0.3 is 0 Å². The van der Waals surface area contributed by atoms with Gasteiger partial charge in [-0.3, -0.25) is 9.89 Å². The normalized spacial score (nSPS) is 28.6. The average Bonchev–Trinajstić information content (AvgIpc) is 3.27. The molecule has 24 heavy (non-hydrogen) atoms. The van der Waals surface area contributed by atoms with Crippen molar-refractivity contribution < 1.29 is 0 Å². The molecule has 5 nitrogen and oxygen atoms in total. The van der Waals surface area contributed by atoms with Crippen molar-refractivity contribution in [1.29, 1.82) is 0 Å².